The van der Waals surface area contributed by atoms with Crippen molar-refractivity contribution in [1.29, 1.82) is 0 Å². The van der Waals surface area contributed by atoms with Crippen molar-refractivity contribution < 1.29 is 4.79 Å². The zero-order valence-electron chi connectivity index (χ0n) is 12.6. The average molecular weight is 324 g/mol. The summed E-state index contributed by atoms with van der Waals surface area (Å²) in [6.45, 7) is 0. The second-order valence-corrected chi connectivity index (χ2v) is 6.11. The molecule has 0 spiro atoms. The molecule has 0 saturated carbocycles. The third-order valence-corrected chi connectivity index (χ3v) is 4.76. The van der Waals surface area contributed by atoms with Gasteiger partial charge in [-0.1, -0.05) is 72.4 Å². The van der Waals surface area contributed by atoms with Gasteiger partial charge in [0.15, 0.2) is 11.0 Å². The third-order valence-electron chi connectivity index (χ3n) is 3.45. The highest BCUT2D eigenvalue weighted by Gasteiger charge is 2.22. The lowest BCUT2D eigenvalue weighted by molar-refractivity contribution is -0.117. The number of thioether (sulfide) groups is 1. The highest BCUT2D eigenvalue weighted by atomic mass is 32.2. The molecule has 1 amide bonds. The van der Waals surface area contributed by atoms with Gasteiger partial charge in [-0.15, -0.1) is 10.2 Å². The van der Waals surface area contributed by atoms with Crippen LogP contribution in [0.3, 0.4) is 0 Å². The molecule has 0 aliphatic heterocycles. The van der Waals surface area contributed by atoms with E-state index in [9.17, 15) is 4.79 Å². The Morgan fingerprint density at radius 1 is 1.04 bits per heavy atom. The van der Waals surface area contributed by atoms with Crippen molar-refractivity contribution in [1.82, 2.24) is 14.8 Å². The largest absolute Gasteiger partial charge is 0.368 e. The third kappa shape index (κ3) is 3.27. The van der Waals surface area contributed by atoms with E-state index >= 15 is 0 Å². The van der Waals surface area contributed by atoms with Crippen LogP contribution in [0.4, 0.5) is 0 Å². The van der Waals surface area contributed by atoms with E-state index in [-0.39, 0.29) is 0 Å². The maximum Gasteiger partial charge on any atom is 0.235 e. The molecule has 0 aliphatic rings. The Balaban J connectivity index is 1.91. The molecule has 1 unspecified atom stereocenters. The van der Waals surface area contributed by atoms with Crippen LogP contribution in [-0.2, 0) is 11.8 Å². The molecule has 0 fully saturated rings. The lowest BCUT2D eigenvalue weighted by atomic mass is 10.1. The van der Waals surface area contributed by atoms with Gasteiger partial charge in [0, 0.05) is 12.6 Å². The summed E-state index contributed by atoms with van der Waals surface area (Å²) in [5.74, 6) is 0.356. The number of benzene rings is 2. The predicted octanol–water partition coefficient (Wildman–Crippen LogP) is 2.80. The van der Waals surface area contributed by atoms with Crippen molar-refractivity contribution in [2.75, 3.05) is 0 Å². The Bertz CT molecular complexity index is 802. The lowest BCUT2D eigenvalue weighted by Gasteiger charge is -2.12. The molecule has 0 bridgehead atoms. The Hall–Kier alpha value is -2.60. The number of nitrogens with two attached hydrogens (primary N) is 1. The molecule has 116 valence electrons. The minimum atomic E-state index is -0.497. The van der Waals surface area contributed by atoms with E-state index < -0.39 is 11.2 Å². The van der Waals surface area contributed by atoms with Crippen LogP contribution in [0.2, 0.25) is 0 Å². The Labute approximate surface area is 138 Å². The molecule has 2 aromatic carbocycles. The summed E-state index contributed by atoms with van der Waals surface area (Å²) in [6, 6.07) is 19.3. The van der Waals surface area contributed by atoms with Gasteiger partial charge < -0.3 is 10.3 Å². The van der Waals surface area contributed by atoms with Gasteiger partial charge in [-0.3, -0.25) is 4.79 Å². The molecule has 3 aromatic rings. The first kappa shape index (κ1) is 15.3. The summed E-state index contributed by atoms with van der Waals surface area (Å²) in [6.07, 6.45) is 0. The molecule has 1 aromatic heterocycles. The number of carbonyl (C=O) groups excluding carboxylic acids is 1. The number of primary amides is 1. The molecule has 23 heavy (non-hydrogen) atoms. The summed E-state index contributed by atoms with van der Waals surface area (Å²) in [7, 11) is 1.88. The van der Waals surface area contributed by atoms with Crippen LogP contribution in [0.1, 0.15) is 10.8 Å². The number of hydrogen-bond donors (Lipinski definition) is 1. The fourth-order valence-electron chi connectivity index (χ4n) is 2.28. The van der Waals surface area contributed by atoms with Crippen LogP contribution in [0.15, 0.2) is 65.8 Å². The zero-order valence-corrected chi connectivity index (χ0v) is 13.4. The Kier molecular flexibility index (Phi) is 4.43. The molecule has 3 rings (SSSR count). The molecule has 0 radical (unpaired) electrons. The molecule has 6 heteroatoms. The number of rotatable bonds is 5. The van der Waals surface area contributed by atoms with Gasteiger partial charge in [0.2, 0.25) is 5.91 Å². The summed E-state index contributed by atoms with van der Waals surface area (Å²) >= 11 is 1.31. The fourth-order valence-corrected chi connectivity index (χ4v) is 3.23. The topological polar surface area (TPSA) is 73.8 Å². The predicted molar refractivity (Wildman–Crippen MR) is 90.7 cm³/mol. The van der Waals surface area contributed by atoms with Gasteiger partial charge in [-0.2, -0.15) is 0 Å². The maximum atomic E-state index is 11.8. The van der Waals surface area contributed by atoms with Gasteiger partial charge in [0.1, 0.15) is 5.25 Å². The van der Waals surface area contributed by atoms with Gasteiger partial charge in [0.25, 0.3) is 0 Å². The van der Waals surface area contributed by atoms with Crippen LogP contribution < -0.4 is 5.73 Å². The van der Waals surface area contributed by atoms with Crippen molar-refractivity contribution in [2.45, 2.75) is 10.4 Å². The van der Waals surface area contributed by atoms with Crippen molar-refractivity contribution in [3.8, 4) is 11.4 Å². The van der Waals surface area contributed by atoms with Crippen LogP contribution in [0, 0.1) is 0 Å². The second kappa shape index (κ2) is 6.66. The maximum absolute atomic E-state index is 11.8. The normalized spacial score (nSPS) is 12.0. The molecule has 0 aliphatic carbocycles. The van der Waals surface area contributed by atoms with E-state index in [0.29, 0.717) is 5.16 Å². The van der Waals surface area contributed by atoms with E-state index in [1.54, 1.807) is 0 Å². The molecule has 5 nitrogen and oxygen atoms in total. The van der Waals surface area contributed by atoms with Gasteiger partial charge >= 0.3 is 0 Å². The SMILES string of the molecule is Cn1c(SC(C(N)=O)c2ccccc2)nnc1-c1ccccc1. The summed E-state index contributed by atoms with van der Waals surface area (Å²) < 4.78 is 1.87. The number of aromatic nitrogens is 3. The van der Waals surface area contributed by atoms with Crippen LogP contribution in [0.25, 0.3) is 11.4 Å². The zero-order chi connectivity index (χ0) is 16.2. The summed E-state index contributed by atoms with van der Waals surface area (Å²) in [4.78, 5) is 11.8. The smallest absolute Gasteiger partial charge is 0.235 e. The summed E-state index contributed by atoms with van der Waals surface area (Å²) in [5, 5.41) is 8.59. The molecule has 0 saturated heterocycles. The average Bonchev–Trinajstić information content (AvgIpc) is 2.94. The number of hydrogen-bond acceptors (Lipinski definition) is 4. The van der Waals surface area contributed by atoms with E-state index in [2.05, 4.69) is 10.2 Å². The number of amides is 1. The first-order valence-corrected chi connectivity index (χ1v) is 8.00. The minimum Gasteiger partial charge on any atom is -0.368 e. The first-order chi connectivity index (χ1) is 11.2. The Morgan fingerprint density at radius 2 is 1.65 bits per heavy atom. The molecule has 2 N–H and O–H groups in total. The molecule has 1 heterocycles. The van der Waals surface area contributed by atoms with Crippen molar-refractivity contribution in [3.05, 3.63) is 66.2 Å². The second-order valence-electron chi connectivity index (χ2n) is 5.04. The van der Waals surface area contributed by atoms with E-state index in [4.69, 9.17) is 5.73 Å². The molecular weight excluding hydrogens is 308 g/mol. The van der Waals surface area contributed by atoms with Crippen molar-refractivity contribution >= 4 is 17.7 Å². The van der Waals surface area contributed by atoms with E-state index in [1.165, 1.54) is 11.8 Å². The monoisotopic (exact) mass is 324 g/mol. The fraction of sp³-hybridized carbons (Fsp3) is 0.118. The quantitative estimate of drug-likeness (QED) is 0.732. The number of nitrogens with zero attached hydrogens (tertiary/aromatic N) is 3. The standard InChI is InChI=1S/C17H16N4OS/c1-21-16(13-10-6-3-7-11-13)19-20-17(21)23-14(15(18)22)12-8-4-2-5-9-12/h2-11,14H,1H3,(H2,18,22). The molecule has 1 atom stereocenters. The lowest BCUT2D eigenvalue weighted by Crippen LogP contribution is -2.19. The van der Waals surface area contributed by atoms with Crippen molar-refractivity contribution in [2.24, 2.45) is 12.8 Å². The Morgan fingerprint density at radius 3 is 2.26 bits per heavy atom. The van der Waals surface area contributed by atoms with Crippen LogP contribution in [-0.4, -0.2) is 20.7 Å². The first-order valence-electron chi connectivity index (χ1n) is 7.12. The minimum absolute atomic E-state index is 0.398. The molecular formula is C17H16N4OS. The van der Waals surface area contributed by atoms with Crippen molar-refractivity contribution in [3.63, 3.8) is 0 Å². The number of carbonyl (C=O) groups is 1. The van der Waals surface area contributed by atoms with E-state index in [1.807, 2.05) is 72.3 Å². The van der Waals surface area contributed by atoms with Gasteiger partial charge in [-0.05, 0) is 5.56 Å². The van der Waals surface area contributed by atoms with Gasteiger partial charge in [-0.25, -0.2) is 0 Å². The van der Waals surface area contributed by atoms with Crippen LogP contribution in [0.5, 0.6) is 0 Å². The highest BCUT2D eigenvalue weighted by Crippen LogP contribution is 2.34. The highest BCUT2D eigenvalue weighted by molar-refractivity contribution is 8.00. The van der Waals surface area contributed by atoms with E-state index in [0.717, 1.165) is 17.0 Å². The van der Waals surface area contributed by atoms with Gasteiger partial charge in [0.05, 0.1) is 0 Å². The summed E-state index contributed by atoms with van der Waals surface area (Å²) in [5.41, 5.74) is 7.40. The van der Waals surface area contributed by atoms with Crippen LogP contribution >= 0.6 is 11.8 Å².